The van der Waals surface area contributed by atoms with Crippen molar-refractivity contribution in [2.45, 2.75) is 20.3 Å². The van der Waals surface area contributed by atoms with Gasteiger partial charge < -0.3 is 11.1 Å². The zero-order valence-corrected chi connectivity index (χ0v) is 10.3. The van der Waals surface area contributed by atoms with E-state index >= 15 is 0 Å². The summed E-state index contributed by atoms with van der Waals surface area (Å²) in [6.07, 6.45) is 2.82. The van der Waals surface area contributed by atoms with E-state index in [4.69, 9.17) is 5.73 Å². The van der Waals surface area contributed by atoms with Crippen molar-refractivity contribution in [1.82, 2.24) is 4.98 Å². The van der Waals surface area contributed by atoms with Gasteiger partial charge in [-0.3, -0.25) is 0 Å². The van der Waals surface area contributed by atoms with Crippen LogP contribution < -0.4 is 11.1 Å². The number of nitrogens with two attached hydrogens (primary N) is 1. The summed E-state index contributed by atoms with van der Waals surface area (Å²) in [5, 5.41) is 4.15. The molecule has 0 radical (unpaired) electrons. The summed E-state index contributed by atoms with van der Waals surface area (Å²) < 4.78 is 0. The molecule has 0 fully saturated rings. The van der Waals surface area contributed by atoms with Crippen molar-refractivity contribution in [2.24, 2.45) is 0 Å². The Morgan fingerprint density at radius 2 is 2.25 bits per heavy atom. The zero-order valence-electron chi connectivity index (χ0n) is 9.45. The number of rotatable bonds is 3. The van der Waals surface area contributed by atoms with Crippen LogP contribution in [0.4, 0.5) is 16.5 Å². The van der Waals surface area contributed by atoms with Gasteiger partial charge in [-0.2, -0.15) is 0 Å². The van der Waals surface area contributed by atoms with E-state index in [0.29, 0.717) is 0 Å². The van der Waals surface area contributed by atoms with Gasteiger partial charge in [0, 0.05) is 22.4 Å². The van der Waals surface area contributed by atoms with E-state index in [9.17, 15) is 0 Å². The van der Waals surface area contributed by atoms with Crippen LogP contribution in [-0.2, 0) is 6.42 Å². The summed E-state index contributed by atoms with van der Waals surface area (Å²) in [5.41, 5.74) is 8.94. The van der Waals surface area contributed by atoms with E-state index in [-0.39, 0.29) is 0 Å². The molecular weight excluding hydrogens is 218 g/mol. The SMILES string of the molecule is CCc1ccc(Nc2ncc(C)s2)cc1N. The molecule has 84 valence electrons. The monoisotopic (exact) mass is 233 g/mol. The van der Waals surface area contributed by atoms with E-state index in [1.54, 1.807) is 11.3 Å². The van der Waals surface area contributed by atoms with Crippen LogP contribution in [0.15, 0.2) is 24.4 Å². The number of nitrogen functional groups attached to an aromatic ring is 1. The van der Waals surface area contributed by atoms with Crippen molar-refractivity contribution in [2.75, 3.05) is 11.1 Å². The number of hydrogen-bond acceptors (Lipinski definition) is 4. The highest BCUT2D eigenvalue weighted by atomic mass is 32.1. The predicted octanol–water partition coefficient (Wildman–Crippen LogP) is 3.34. The molecule has 1 aromatic heterocycles. The van der Waals surface area contributed by atoms with Crippen LogP contribution in [0.1, 0.15) is 17.4 Å². The lowest BCUT2D eigenvalue weighted by atomic mass is 10.1. The Bertz CT molecular complexity index is 491. The molecule has 0 saturated carbocycles. The lowest BCUT2D eigenvalue weighted by Gasteiger charge is -2.07. The maximum Gasteiger partial charge on any atom is 0.187 e. The van der Waals surface area contributed by atoms with Crippen molar-refractivity contribution >= 4 is 27.8 Å². The number of aromatic nitrogens is 1. The van der Waals surface area contributed by atoms with Crippen molar-refractivity contribution in [3.63, 3.8) is 0 Å². The summed E-state index contributed by atoms with van der Waals surface area (Å²) in [7, 11) is 0. The van der Waals surface area contributed by atoms with Crippen LogP contribution in [0.5, 0.6) is 0 Å². The fourth-order valence-corrected chi connectivity index (χ4v) is 2.22. The van der Waals surface area contributed by atoms with Gasteiger partial charge in [-0.15, -0.1) is 11.3 Å². The molecule has 2 rings (SSSR count). The first-order valence-corrected chi connectivity index (χ1v) is 6.08. The standard InChI is InChI=1S/C12H15N3S/c1-3-9-4-5-10(6-11(9)13)15-12-14-7-8(2)16-12/h4-7H,3,13H2,1-2H3,(H,14,15). The molecule has 16 heavy (non-hydrogen) atoms. The van der Waals surface area contributed by atoms with Gasteiger partial charge >= 0.3 is 0 Å². The molecule has 3 nitrogen and oxygen atoms in total. The molecule has 0 unspecified atom stereocenters. The Morgan fingerprint density at radius 1 is 1.44 bits per heavy atom. The van der Waals surface area contributed by atoms with Gasteiger partial charge in [0.15, 0.2) is 5.13 Å². The number of benzene rings is 1. The Morgan fingerprint density at radius 3 is 2.81 bits per heavy atom. The van der Waals surface area contributed by atoms with Gasteiger partial charge in [0.05, 0.1) is 0 Å². The highest BCUT2D eigenvalue weighted by molar-refractivity contribution is 7.15. The van der Waals surface area contributed by atoms with Crippen LogP contribution >= 0.6 is 11.3 Å². The van der Waals surface area contributed by atoms with Gasteiger partial charge in [0.2, 0.25) is 0 Å². The lowest BCUT2D eigenvalue weighted by Crippen LogP contribution is -1.95. The smallest absolute Gasteiger partial charge is 0.187 e. The average molecular weight is 233 g/mol. The van der Waals surface area contributed by atoms with E-state index in [2.05, 4.69) is 23.3 Å². The maximum absolute atomic E-state index is 5.93. The summed E-state index contributed by atoms with van der Waals surface area (Å²) in [4.78, 5) is 5.44. The summed E-state index contributed by atoms with van der Waals surface area (Å²) in [6.45, 7) is 4.14. The molecule has 2 aromatic rings. The first-order valence-electron chi connectivity index (χ1n) is 5.27. The first-order chi connectivity index (χ1) is 7.69. The fourth-order valence-electron chi connectivity index (χ4n) is 1.53. The highest BCUT2D eigenvalue weighted by Crippen LogP contribution is 2.24. The minimum absolute atomic E-state index is 0.834. The molecule has 1 heterocycles. The first kappa shape index (κ1) is 11.0. The molecule has 0 saturated heterocycles. The fraction of sp³-hybridized carbons (Fsp3) is 0.250. The van der Waals surface area contributed by atoms with Gasteiger partial charge in [-0.25, -0.2) is 4.98 Å². The number of aryl methyl sites for hydroxylation is 2. The molecule has 4 heteroatoms. The number of nitrogens with one attached hydrogen (secondary N) is 1. The minimum atomic E-state index is 0.834. The van der Waals surface area contributed by atoms with E-state index in [0.717, 1.165) is 22.9 Å². The number of nitrogens with zero attached hydrogens (tertiary/aromatic N) is 1. The molecule has 0 spiro atoms. The zero-order chi connectivity index (χ0) is 11.5. The van der Waals surface area contributed by atoms with Crippen molar-refractivity contribution in [3.05, 3.63) is 34.8 Å². The Kier molecular flexibility index (Phi) is 3.10. The van der Waals surface area contributed by atoms with Gasteiger partial charge in [-0.05, 0) is 31.0 Å². The number of thiazole rings is 1. The summed E-state index contributed by atoms with van der Waals surface area (Å²) in [6, 6.07) is 6.04. The third-order valence-corrected chi connectivity index (χ3v) is 3.23. The van der Waals surface area contributed by atoms with Crippen molar-refractivity contribution < 1.29 is 0 Å². The molecule has 0 aliphatic rings. The Hall–Kier alpha value is -1.55. The van der Waals surface area contributed by atoms with E-state index in [1.165, 1.54) is 10.4 Å². The quantitative estimate of drug-likeness (QED) is 0.799. The number of anilines is 3. The second-order valence-electron chi connectivity index (χ2n) is 3.67. The molecule has 0 amide bonds. The van der Waals surface area contributed by atoms with Crippen molar-refractivity contribution in [1.29, 1.82) is 0 Å². The second kappa shape index (κ2) is 4.53. The van der Waals surface area contributed by atoms with Crippen LogP contribution in [0.2, 0.25) is 0 Å². The lowest BCUT2D eigenvalue weighted by molar-refractivity contribution is 1.14. The summed E-state index contributed by atoms with van der Waals surface area (Å²) in [5.74, 6) is 0. The van der Waals surface area contributed by atoms with Crippen LogP contribution in [0.3, 0.4) is 0 Å². The van der Waals surface area contributed by atoms with Crippen LogP contribution in [0.25, 0.3) is 0 Å². The molecule has 0 aliphatic carbocycles. The summed E-state index contributed by atoms with van der Waals surface area (Å²) >= 11 is 1.64. The topological polar surface area (TPSA) is 50.9 Å². The van der Waals surface area contributed by atoms with Crippen molar-refractivity contribution in [3.8, 4) is 0 Å². The highest BCUT2D eigenvalue weighted by Gasteiger charge is 2.01. The maximum atomic E-state index is 5.93. The Balaban J connectivity index is 2.19. The molecular formula is C12H15N3S. The third-order valence-electron chi connectivity index (χ3n) is 2.40. The Labute approximate surface area is 99.3 Å². The van der Waals surface area contributed by atoms with Crippen LogP contribution in [-0.4, -0.2) is 4.98 Å². The van der Waals surface area contributed by atoms with Gasteiger partial charge in [0.1, 0.15) is 0 Å². The van der Waals surface area contributed by atoms with Gasteiger partial charge in [-0.1, -0.05) is 13.0 Å². The van der Waals surface area contributed by atoms with E-state index < -0.39 is 0 Å². The molecule has 0 aliphatic heterocycles. The molecule has 1 aromatic carbocycles. The van der Waals surface area contributed by atoms with Gasteiger partial charge in [0.25, 0.3) is 0 Å². The molecule has 0 bridgehead atoms. The average Bonchev–Trinajstić information content (AvgIpc) is 2.64. The second-order valence-corrected chi connectivity index (χ2v) is 4.90. The van der Waals surface area contributed by atoms with E-state index in [1.807, 2.05) is 25.3 Å². The minimum Gasteiger partial charge on any atom is -0.398 e. The largest absolute Gasteiger partial charge is 0.398 e. The third kappa shape index (κ3) is 2.33. The van der Waals surface area contributed by atoms with Crippen LogP contribution in [0, 0.1) is 6.92 Å². The number of hydrogen-bond donors (Lipinski definition) is 2. The molecule has 3 N–H and O–H groups in total. The predicted molar refractivity (Wildman–Crippen MR) is 70.4 cm³/mol. The molecule has 0 atom stereocenters. The normalized spacial score (nSPS) is 10.4.